The summed E-state index contributed by atoms with van der Waals surface area (Å²) < 4.78 is 0. The molecule has 0 amide bonds. The van der Waals surface area contributed by atoms with Gasteiger partial charge in [0.25, 0.3) is 0 Å². The van der Waals surface area contributed by atoms with Gasteiger partial charge in [-0.1, -0.05) is 13.8 Å². The van der Waals surface area contributed by atoms with Crippen LogP contribution in [0.4, 0.5) is 0 Å². The first-order valence-corrected chi connectivity index (χ1v) is 5.18. The van der Waals surface area contributed by atoms with E-state index < -0.39 is 35.2 Å². The molecule has 0 aromatic carbocycles. The summed E-state index contributed by atoms with van der Waals surface area (Å²) in [5.41, 5.74) is 8.96. The van der Waals surface area contributed by atoms with Gasteiger partial charge in [-0.15, -0.1) is 0 Å². The molecule has 0 spiro atoms. The third-order valence-corrected chi connectivity index (χ3v) is 2.68. The fourth-order valence-corrected chi connectivity index (χ4v) is 1.35. The molecule has 17 heavy (non-hydrogen) atoms. The van der Waals surface area contributed by atoms with Crippen LogP contribution in [0.15, 0.2) is 0 Å². The van der Waals surface area contributed by atoms with Crippen LogP contribution in [-0.2, 0) is 14.4 Å². The highest BCUT2D eigenvalue weighted by molar-refractivity contribution is 6.10. The molecular formula is C10H18N2O5. The van der Waals surface area contributed by atoms with E-state index in [0.717, 1.165) is 0 Å². The van der Waals surface area contributed by atoms with Gasteiger partial charge in [0, 0.05) is 6.42 Å². The van der Waals surface area contributed by atoms with Gasteiger partial charge in [-0.25, -0.2) is 4.79 Å². The molecule has 0 aromatic rings. The average Bonchev–Trinajstić information content (AvgIpc) is 2.22. The van der Waals surface area contributed by atoms with Crippen molar-refractivity contribution in [2.45, 2.75) is 38.3 Å². The normalized spacial score (nSPS) is 16.3. The summed E-state index contributed by atoms with van der Waals surface area (Å²) in [6.07, 6.45) is -0.437. The average molecular weight is 246 g/mol. The van der Waals surface area contributed by atoms with Crippen molar-refractivity contribution in [3.63, 3.8) is 0 Å². The van der Waals surface area contributed by atoms with Crippen LogP contribution in [0.5, 0.6) is 0 Å². The highest BCUT2D eigenvalue weighted by Crippen LogP contribution is 2.18. The number of hydrogen-bond acceptors (Lipinski definition) is 5. The second kappa shape index (κ2) is 5.74. The number of nitrogens with two attached hydrogens (primary N) is 2. The van der Waals surface area contributed by atoms with E-state index in [1.54, 1.807) is 0 Å². The minimum atomic E-state index is -2.07. The molecule has 0 aromatic heterocycles. The lowest BCUT2D eigenvalue weighted by Gasteiger charge is -2.29. The van der Waals surface area contributed by atoms with Crippen LogP contribution in [0.1, 0.15) is 26.7 Å². The van der Waals surface area contributed by atoms with E-state index >= 15 is 0 Å². The van der Waals surface area contributed by atoms with Gasteiger partial charge in [-0.2, -0.15) is 0 Å². The SMILES string of the molecule is CC(C)[C@](N)(C(=O)O)C(=O)[C@@H](N)CCC(=O)O. The number of ketones is 1. The zero-order valence-electron chi connectivity index (χ0n) is 9.84. The van der Waals surface area contributed by atoms with Crippen LogP contribution in [0, 0.1) is 5.92 Å². The van der Waals surface area contributed by atoms with E-state index in [1.165, 1.54) is 13.8 Å². The number of carbonyl (C=O) groups excluding carboxylic acids is 1. The van der Waals surface area contributed by atoms with Crippen molar-refractivity contribution in [3.05, 3.63) is 0 Å². The Morgan fingerprint density at radius 1 is 1.24 bits per heavy atom. The van der Waals surface area contributed by atoms with Crippen molar-refractivity contribution in [2.24, 2.45) is 17.4 Å². The largest absolute Gasteiger partial charge is 0.481 e. The van der Waals surface area contributed by atoms with Gasteiger partial charge in [-0.05, 0) is 12.3 Å². The Kier molecular flexibility index (Phi) is 5.24. The van der Waals surface area contributed by atoms with Crippen molar-refractivity contribution in [2.75, 3.05) is 0 Å². The predicted octanol–water partition coefficient (Wildman–Crippen LogP) is -0.814. The molecule has 2 atom stereocenters. The Morgan fingerprint density at radius 3 is 2.00 bits per heavy atom. The topological polar surface area (TPSA) is 144 Å². The molecule has 7 heteroatoms. The summed E-state index contributed by atoms with van der Waals surface area (Å²) in [5, 5.41) is 17.4. The minimum Gasteiger partial charge on any atom is -0.481 e. The van der Waals surface area contributed by atoms with Crippen molar-refractivity contribution >= 4 is 17.7 Å². The standard InChI is InChI=1S/C10H18N2O5/c1-5(2)10(12,9(16)17)8(15)6(11)3-4-7(13)14/h5-6H,3-4,11-12H2,1-2H3,(H,13,14)(H,16,17)/t6-,10+/m0/s1. The number of rotatable bonds is 7. The quantitative estimate of drug-likeness (QED) is 0.430. The Balaban J connectivity index is 4.86. The van der Waals surface area contributed by atoms with Crippen molar-refractivity contribution < 1.29 is 24.6 Å². The Hall–Kier alpha value is -1.47. The minimum absolute atomic E-state index is 0.132. The van der Waals surface area contributed by atoms with E-state index in [1.807, 2.05) is 0 Å². The molecule has 0 aliphatic rings. The number of carboxylic acid groups (broad SMARTS) is 2. The molecule has 0 saturated heterocycles. The van der Waals surface area contributed by atoms with Crippen LogP contribution in [0.25, 0.3) is 0 Å². The van der Waals surface area contributed by atoms with Crippen molar-refractivity contribution in [1.82, 2.24) is 0 Å². The summed E-state index contributed by atoms with van der Waals surface area (Å²) in [5.74, 6) is -4.04. The van der Waals surface area contributed by atoms with Gasteiger partial charge in [-0.3, -0.25) is 9.59 Å². The lowest BCUT2D eigenvalue weighted by Crippen LogP contribution is -2.63. The molecule has 0 fully saturated rings. The molecule has 0 aliphatic heterocycles. The summed E-state index contributed by atoms with van der Waals surface area (Å²) in [4.78, 5) is 33.2. The van der Waals surface area contributed by atoms with Gasteiger partial charge in [0.15, 0.2) is 11.3 Å². The molecular weight excluding hydrogens is 228 g/mol. The Bertz CT molecular complexity index is 329. The van der Waals surface area contributed by atoms with E-state index in [9.17, 15) is 14.4 Å². The lowest BCUT2D eigenvalue weighted by atomic mass is 9.80. The summed E-state index contributed by atoms with van der Waals surface area (Å²) >= 11 is 0. The second-order valence-electron chi connectivity index (χ2n) is 4.23. The number of Topliss-reactive ketones (excluding diaryl/α,β-unsaturated/α-hetero) is 1. The summed E-state index contributed by atoms with van der Waals surface area (Å²) in [6, 6.07) is -1.19. The van der Waals surface area contributed by atoms with Crippen LogP contribution >= 0.6 is 0 Å². The molecule has 6 N–H and O–H groups in total. The summed E-state index contributed by atoms with van der Waals surface area (Å²) in [7, 11) is 0. The molecule has 0 unspecified atom stereocenters. The molecule has 0 aliphatic carbocycles. The maximum Gasteiger partial charge on any atom is 0.331 e. The number of carbonyl (C=O) groups is 3. The zero-order valence-corrected chi connectivity index (χ0v) is 9.84. The molecule has 0 saturated carbocycles. The van der Waals surface area contributed by atoms with E-state index in [4.69, 9.17) is 21.7 Å². The molecule has 0 radical (unpaired) electrons. The summed E-state index contributed by atoms with van der Waals surface area (Å²) in [6.45, 7) is 2.99. The first kappa shape index (κ1) is 15.5. The maximum atomic E-state index is 11.8. The lowest BCUT2D eigenvalue weighted by molar-refractivity contribution is -0.151. The zero-order chi connectivity index (χ0) is 13.8. The number of hydrogen-bond donors (Lipinski definition) is 4. The Morgan fingerprint density at radius 2 is 1.71 bits per heavy atom. The van der Waals surface area contributed by atoms with E-state index in [-0.39, 0.29) is 12.8 Å². The van der Waals surface area contributed by atoms with Gasteiger partial charge in [0.1, 0.15) is 0 Å². The maximum absolute atomic E-state index is 11.8. The first-order chi connectivity index (χ1) is 7.63. The molecule has 0 bridgehead atoms. The van der Waals surface area contributed by atoms with Gasteiger partial charge < -0.3 is 21.7 Å². The van der Waals surface area contributed by atoms with Gasteiger partial charge in [0.05, 0.1) is 6.04 Å². The number of carboxylic acids is 2. The monoisotopic (exact) mass is 246 g/mol. The molecule has 98 valence electrons. The van der Waals surface area contributed by atoms with Gasteiger partial charge >= 0.3 is 11.9 Å². The highest BCUT2D eigenvalue weighted by atomic mass is 16.4. The number of aliphatic carboxylic acids is 2. The smallest absolute Gasteiger partial charge is 0.331 e. The first-order valence-electron chi connectivity index (χ1n) is 5.18. The Labute approximate surface area is 98.8 Å². The molecule has 0 heterocycles. The fraction of sp³-hybridized carbons (Fsp3) is 0.700. The highest BCUT2D eigenvalue weighted by Gasteiger charge is 2.46. The molecule has 7 nitrogen and oxygen atoms in total. The fourth-order valence-electron chi connectivity index (χ4n) is 1.35. The van der Waals surface area contributed by atoms with E-state index in [0.29, 0.717) is 0 Å². The van der Waals surface area contributed by atoms with Crippen molar-refractivity contribution in [3.8, 4) is 0 Å². The van der Waals surface area contributed by atoms with Crippen LogP contribution in [0.3, 0.4) is 0 Å². The van der Waals surface area contributed by atoms with Crippen LogP contribution in [0.2, 0.25) is 0 Å². The van der Waals surface area contributed by atoms with Crippen LogP contribution in [-0.4, -0.2) is 39.5 Å². The van der Waals surface area contributed by atoms with Crippen molar-refractivity contribution in [1.29, 1.82) is 0 Å². The van der Waals surface area contributed by atoms with Crippen LogP contribution < -0.4 is 11.5 Å². The predicted molar refractivity (Wildman–Crippen MR) is 59.2 cm³/mol. The third-order valence-electron chi connectivity index (χ3n) is 2.68. The molecule has 0 rings (SSSR count). The third kappa shape index (κ3) is 3.50. The second-order valence-corrected chi connectivity index (χ2v) is 4.23. The van der Waals surface area contributed by atoms with E-state index in [2.05, 4.69) is 0 Å². The van der Waals surface area contributed by atoms with Gasteiger partial charge in [0.2, 0.25) is 0 Å².